The molecule has 0 spiro atoms. The van der Waals surface area contributed by atoms with E-state index >= 15 is 0 Å². The molecule has 0 bridgehead atoms. The third-order valence-electron chi connectivity index (χ3n) is 1.39. The van der Waals surface area contributed by atoms with Crippen molar-refractivity contribution in [3.63, 3.8) is 0 Å². The number of rotatable bonds is 5. The van der Waals surface area contributed by atoms with Crippen molar-refractivity contribution < 1.29 is 54.7 Å². The van der Waals surface area contributed by atoms with Gasteiger partial charge in [-0.2, -0.15) is 0 Å². The first-order valence-corrected chi connectivity index (χ1v) is 13.5. The zero-order valence-electron chi connectivity index (χ0n) is 8.87. The van der Waals surface area contributed by atoms with Crippen LogP contribution in [0.5, 0.6) is 0 Å². The van der Waals surface area contributed by atoms with E-state index in [4.69, 9.17) is 0 Å². The molecule has 0 aromatic rings. The van der Waals surface area contributed by atoms with E-state index in [1.54, 1.807) is 7.33 Å². The molecular formula is C7H15ClMoNO5P. The molecule has 0 aromatic heterocycles. The number of quaternary nitrogens is 1. The summed E-state index contributed by atoms with van der Waals surface area (Å²) in [6.45, 7) is 0. The fourth-order valence-corrected chi connectivity index (χ4v) is 1.34. The second-order valence-corrected chi connectivity index (χ2v) is 23.6. The molecule has 0 amide bonds. The zero-order chi connectivity index (χ0) is 12.7. The van der Waals surface area contributed by atoms with Gasteiger partial charge >= 0.3 is 67.7 Å². The summed E-state index contributed by atoms with van der Waals surface area (Å²) in [5.41, 5.74) is 0. The molecule has 0 fully saturated rings. The Morgan fingerprint density at radius 3 is 0.938 bits per heavy atom. The second kappa shape index (κ2) is 6.45. The standard InChI is InChI=1S/C2H7N.5CHO.ClH.Mo.H2P/c1-3-2;5*1-2;;;/h3H,1-2H3;5*1H;1H;;1H2/q;;;;;;;+1;-1. The van der Waals surface area contributed by atoms with Crippen molar-refractivity contribution in [2.75, 3.05) is 14.1 Å². The molecule has 6 nitrogen and oxygen atoms in total. The summed E-state index contributed by atoms with van der Waals surface area (Å²) in [7, 11) is 5.56. The van der Waals surface area contributed by atoms with Gasteiger partial charge in [-0.1, -0.05) is 0 Å². The minimum Gasteiger partial charge on any atom is -1.00 e. The number of nitrogens with two attached hydrogens (primary N) is 1. The van der Waals surface area contributed by atoms with Crippen molar-refractivity contribution in [2.24, 2.45) is 0 Å². The van der Waals surface area contributed by atoms with Crippen molar-refractivity contribution in [1.82, 2.24) is 0 Å². The first kappa shape index (κ1) is 21.1. The summed E-state index contributed by atoms with van der Waals surface area (Å²) >= 11 is -5.97. The third kappa shape index (κ3) is 3.63. The summed E-state index contributed by atoms with van der Waals surface area (Å²) in [6, 6.07) is 0. The number of carbonyl (C=O) groups is 5. The van der Waals surface area contributed by atoms with Crippen LogP contribution in [-0.4, -0.2) is 37.5 Å². The fraction of sp³-hybridized carbons (Fsp3) is 0.286. The Morgan fingerprint density at radius 2 is 0.938 bits per heavy atom. The van der Waals surface area contributed by atoms with E-state index in [0.717, 1.165) is 0 Å². The quantitative estimate of drug-likeness (QED) is 0.302. The molecule has 0 aliphatic carbocycles. The molecule has 1 atom stereocenters. The molecule has 0 heterocycles. The zero-order valence-corrected chi connectivity index (χ0v) is 12.8. The Morgan fingerprint density at radius 1 is 0.812 bits per heavy atom. The monoisotopic (exact) mass is 357 g/mol. The van der Waals surface area contributed by atoms with E-state index in [1.165, 1.54) is 0 Å². The van der Waals surface area contributed by atoms with Gasteiger partial charge in [-0.15, -0.1) is 0 Å². The Labute approximate surface area is 99.5 Å². The Bertz CT molecular complexity index is 250. The van der Waals surface area contributed by atoms with Crippen molar-refractivity contribution in [3.8, 4) is 0 Å². The van der Waals surface area contributed by atoms with Crippen molar-refractivity contribution >= 4 is 30.7 Å². The van der Waals surface area contributed by atoms with Crippen LogP contribution in [-0.2, 0) is 37.0 Å². The van der Waals surface area contributed by atoms with Crippen LogP contribution in [0.15, 0.2) is 0 Å². The third-order valence-corrected chi connectivity index (χ3v) is 11.5. The largest absolute Gasteiger partial charge is 1.00 e. The molecule has 0 radical (unpaired) electrons. The van der Waals surface area contributed by atoms with E-state index in [-0.39, 0.29) is 35.8 Å². The summed E-state index contributed by atoms with van der Waals surface area (Å²) < 4.78 is -0.594. The van der Waals surface area contributed by atoms with Crippen molar-refractivity contribution in [1.29, 1.82) is 0 Å². The predicted octanol–water partition coefficient (Wildman–Crippen LogP) is -5.23. The van der Waals surface area contributed by atoms with E-state index in [0.29, 0.717) is 0 Å². The Balaban J connectivity index is -0.000000377. The predicted molar refractivity (Wildman–Crippen MR) is 57.2 cm³/mol. The molecular weight excluding hydrogens is 340 g/mol. The van der Waals surface area contributed by atoms with Crippen molar-refractivity contribution in [3.05, 3.63) is 0 Å². The molecule has 96 valence electrons. The van der Waals surface area contributed by atoms with Gasteiger partial charge in [0.2, 0.25) is 0 Å². The maximum absolute atomic E-state index is 10.5. The van der Waals surface area contributed by atoms with Crippen LogP contribution in [0, 0.1) is 0 Å². The molecule has 9 heteroatoms. The molecule has 16 heavy (non-hydrogen) atoms. The van der Waals surface area contributed by atoms with Crippen LogP contribution in [0.4, 0.5) is 0 Å². The summed E-state index contributed by atoms with van der Waals surface area (Å²) in [5.74, 6) is 0. The molecule has 0 aliphatic rings. The number of hydrogen-bond acceptors (Lipinski definition) is 5. The normalized spacial score (nSPS) is 13.4. The van der Waals surface area contributed by atoms with Gasteiger partial charge in [-0.05, 0) is 0 Å². The minimum atomic E-state index is -5.97. The van der Waals surface area contributed by atoms with Crippen LogP contribution in [0.2, 0.25) is 0 Å². The Kier molecular flexibility index (Phi) is 8.49. The van der Waals surface area contributed by atoms with Crippen LogP contribution in [0.3, 0.4) is 0 Å². The second-order valence-electron chi connectivity index (χ2n) is 3.10. The van der Waals surface area contributed by atoms with E-state index in [9.17, 15) is 24.0 Å². The van der Waals surface area contributed by atoms with Gasteiger partial charge in [0.1, 0.15) is 0 Å². The molecule has 0 aliphatic heterocycles. The molecule has 0 aromatic carbocycles. The Hall–Kier alpha value is -0.282. The van der Waals surface area contributed by atoms with Gasteiger partial charge in [0.25, 0.3) is 0 Å². The molecule has 0 rings (SSSR count). The smallest absolute Gasteiger partial charge is 1.00 e. The van der Waals surface area contributed by atoms with Gasteiger partial charge in [-0.3, -0.25) is 0 Å². The van der Waals surface area contributed by atoms with Crippen LogP contribution in [0.1, 0.15) is 0 Å². The summed E-state index contributed by atoms with van der Waals surface area (Å²) in [5, 5.41) is 2.00. The van der Waals surface area contributed by atoms with E-state index in [2.05, 4.69) is 0 Å². The average molecular weight is 356 g/mol. The van der Waals surface area contributed by atoms with E-state index < -0.39 is 13.0 Å². The fourth-order valence-electron chi connectivity index (χ4n) is 0.227. The van der Waals surface area contributed by atoms with Crippen molar-refractivity contribution in [2.45, 2.75) is 0 Å². The maximum atomic E-state index is 10.5. The van der Waals surface area contributed by atoms with Gasteiger partial charge in [0.05, 0.1) is 14.1 Å². The molecule has 0 saturated carbocycles. The van der Waals surface area contributed by atoms with Crippen LogP contribution in [0.25, 0.3) is 0 Å². The van der Waals surface area contributed by atoms with Gasteiger partial charge in [-0.25, -0.2) is 0 Å². The molecule has 1 unspecified atom stereocenters. The van der Waals surface area contributed by atoms with E-state index in [1.807, 2.05) is 19.4 Å². The van der Waals surface area contributed by atoms with Crippen LogP contribution < -0.4 is 17.7 Å². The first-order valence-electron chi connectivity index (χ1n) is 3.75. The molecule has 0 saturated heterocycles. The average Bonchev–Trinajstić information content (AvgIpc) is 2.31. The van der Waals surface area contributed by atoms with Gasteiger partial charge in [0.15, 0.2) is 0 Å². The summed E-state index contributed by atoms with van der Waals surface area (Å²) in [4.78, 5) is 52.7. The minimum absolute atomic E-state index is 0. The first-order chi connectivity index (χ1) is 6.80. The number of halogens is 1. The van der Waals surface area contributed by atoms with Gasteiger partial charge in [0, 0.05) is 0 Å². The van der Waals surface area contributed by atoms with Crippen LogP contribution >= 0.6 is 7.33 Å². The number of carbonyl (C=O) groups excluding carboxylic acids is 5. The summed E-state index contributed by atoms with van der Waals surface area (Å²) in [6.07, 6.45) is 0. The topological polar surface area (TPSA) is 102 Å². The van der Waals surface area contributed by atoms with Gasteiger partial charge < -0.3 is 17.7 Å². The SMILES string of the molecule is C[NH2+]C.O=[CH][Mo]([PH2])([CH]=O)([CH]=O)([CH]=O)[CH]=O.[Cl-]. The molecule has 2 N–H and O–H groups in total. The maximum Gasteiger partial charge on any atom is -1.00 e. The number of hydrogen-bond donors (Lipinski definition) is 1.